The van der Waals surface area contributed by atoms with E-state index < -0.39 is 0 Å². The minimum atomic E-state index is 0.144. The van der Waals surface area contributed by atoms with Gasteiger partial charge < -0.3 is 5.32 Å². The van der Waals surface area contributed by atoms with Gasteiger partial charge in [0.05, 0.1) is 16.4 Å². The lowest BCUT2D eigenvalue weighted by atomic mass is 9.85. The second-order valence-electron chi connectivity index (χ2n) is 5.45. The molecule has 0 aliphatic rings. The van der Waals surface area contributed by atoms with Crippen LogP contribution in [0.5, 0.6) is 0 Å². The fourth-order valence-electron chi connectivity index (χ4n) is 2.24. The molecule has 104 valence electrons. The maximum Gasteiger partial charge on any atom is 0.0635 e. The molecule has 0 atom stereocenters. The van der Waals surface area contributed by atoms with Crippen LogP contribution in [-0.4, -0.2) is 22.9 Å². The third kappa shape index (κ3) is 4.09. The molecule has 1 N–H and O–H groups in total. The molecule has 0 fully saturated rings. The van der Waals surface area contributed by atoms with Crippen molar-refractivity contribution >= 4 is 15.9 Å². The molecular formula is C14H26BrN3. The highest BCUT2D eigenvalue weighted by Crippen LogP contribution is 2.32. The normalized spacial score (nSPS) is 12.1. The van der Waals surface area contributed by atoms with Crippen LogP contribution in [0.4, 0.5) is 0 Å². The minimum absolute atomic E-state index is 0.144. The molecule has 18 heavy (non-hydrogen) atoms. The highest BCUT2D eigenvalue weighted by molar-refractivity contribution is 9.10. The molecule has 0 amide bonds. The summed E-state index contributed by atoms with van der Waals surface area (Å²) in [7, 11) is 0. The Kier molecular flexibility index (Phi) is 6.36. The highest BCUT2D eigenvalue weighted by atomic mass is 79.9. The first-order valence-corrected chi connectivity index (χ1v) is 7.74. The van der Waals surface area contributed by atoms with E-state index in [-0.39, 0.29) is 5.41 Å². The van der Waals surface area contributed by atoms with Crippen LogP contribution in [0.15, 0.2) is 10.7 Å². The Morgan fingerprint density at radius 3 is 2.61 bits per heavy atom. The van der Waals surface area contributed by atoms with Crippen molar-refractivity contribution in [3.8, 4) is 0 Å². The predicted molar refractivity (Wildman–Crippen MR) is 81.0 cm³/mol. The van der Waals surface area contributed by atoms with Crippen LogP contribution in [0.25, 0.3) is 0 Å². The molecule has 0 aromatic carbocycles. The molecule has 0 saturated heterocycles. The standard InChI is InChI=1S/C14H26BrN3/c1-5-8-16-9-7-14(3,4)13-12(15)11-17-18(13)10-6-2/h11,16H,5-10H2,1-4H3. The second-order valence-corrected chi connectivity index (χ2v) is 6.30. The predicted octanol–water partition coefficient (Wildman–Crippen LogP) is 3.72. The zero-order valence-corrected chi connectivity index (χ0v) is 13.7. The molecule has 0 radical (unpaired) electrons. The quantitative estimate of drug-likeness (QED) is 0.741. The Morgan fingerprint density at radius 2 is 2.00 bits per heavy atom. The van der Waals surface area contributed by atoms with Crippen LogP contribution < -0.4 is 5.32 Å². The summed E-state index contributed by atoms with van der Waals surface area (Å²) < 4.78 is 3.28. The third-order valence-electron chi connectivity index (χ3n) is 3.22. The van der Waals surface area contributed by atoms with Crippen molar-refractivity contribution in [2.45, 2.75) is 58.9 Å². The largest absolute Gasteiger partial charge is 0.317 e. The summed E-state index contributed by atoms with van der Waals surface area (Å²) in [5.74, 6) is 0. The van der Waals surface area contributed by atoms with Gasteiger partial charge in [-0.3, -0.25) is 4.68 Å². The molecule has 0 bridgehead atoms. The van der Waals surface area contributed by atoms with Crippen molar-refractivity contribution in [3.05, 3.63) is 16.4 Å². The van der Waals surface area contributed by atoms with E-state index in [1.807, 2.05) is 6.20 Å². The molecule has 3 nitrogen and oxygen atoms in total. The number of aryl methyl sites for hydroxylation is 1. The summed E-state index contributed by atoms with van der Waals surface area (Å²) in [6.45, 7) is 12.1. The summed E-state index contributed by atoms with van der Waals surface area (Å²) in [6.07, 6.45) is 5.36. The summed E-state index contributed by atoms with van der Waals surface area (Å²) in [5, 5.41) is 7.94. The van der Waals surface area contributed by atoms with Gasteiger partial charge in [-0.25, -0.2) is 0 Å². The van der Waals surface area contributed by atoms with Crippen molar-refractivity contribution < 1.29 is 0 Å². The van der Waals surface area contributed by atoms with Crippen LogP contribution >= 0.6 is 15.9 Å². The fraction of sp³-hybridized carbons (Fsp3) is 0.786. The van der Waals surface area contributed by atoms with Crippen molar-refractivity contribution in [1.82, 2.24) is 15.1 Å². The molecule has 0 aliphatic heterocycles. The van der Waals surface area contributed by atoms with E-state index in [9.17, 15) is 0 Å². The molecule has 1 heterocycles. The van der Waals surface area contributed by atoms with Crippen molar-refractivity contribution in [1.29, 1.82) is 0 Å². The number of aromatic nitrogens is 2. The minimum Gasteiger partial charge on any atom is -0.317 e. The second kappa shape index (κ2) is 7.29. The van der Waals surface area contributed by atoms with E-state index in [1.165, 1.54) is 12.1 Å². The molecule has 0 aliphatic carbocycles. The van der Waals surface area contributed by atoms with Gasteiger partial charge in [0.25, 0.3) is 0 Å². The van der Waals surface area contributed by atoms with Crippen LogP contribution in [0.2, 0.25) is 0 Å². The zero-order chi connectivity index (χ0) is 13.6. The van der Waals surface area contributed by atoms with Gasteiger partial charge >= 0.3 is 0 Å². The SMILES string of the molecule is CCCNCCC(C)(C)c1c(Br)cnn1CCC. The summed E-state index contributed by atoms with van der Waals surface area (Å²) in [4.78, 5) is 0. The number of nitrogens with zero attached hydrogens (tertiary/aromatic N) is 2. The van der Waals surface area contributed by atoms with E-state index >= 15 is 0 Å². The highest BCUT2D eigenvalue weighted by Gasteiger charge is 2.27. The van der Waals surface area contributed by atoms with Gasteiger partial charge in [0.2, 0.25) is 0 Å². The molecular weight excluding hydrogens is 290 g/mol. The molecule has 0 saturated carbocycles. The fourth-order valence-corrected chi connectivity index (χ4v) is 3.07. The zero-order valence-electron chi connectivity index (χ0n) is 12.1. The number of rotatable bonds is 8. The molecule has 1 aromatic rings. The molecule has 0 unspecified atom stereocenters. The number of nitrogens with one attached hydrogen (secondary N) is 1. The van der Waals surface area contributed by atoms with Crippen LogP contribution in [-0.2, 0) is 12.0 Å². The van der Waals surface area contributed by atoms with Crippen molar-refractivity contribution in [3.63, 3.8) is 0 Å². The topological polar surface area (TPSA) is 29.9 Å². The first kappa shape index (κ1) is 15.7. The number of hydrogen-bond acceptors (Lipinski definition) is 2. The van der Waals surface area contributed by atoms with Crippen LogP contribution in [0.3, 0.4) is 0 Å². The van der Waals surface area contributed by atoms with Gasteiger partial charge in [-0.1, -0.05) is 27.7 Å². The van der Waals surface area contributed by atoms with Crippen LogP contribution in [0.1, 0.15) is 52.7 Å². The monoisotopic (exact) mass is 315 g/mol. The Labute approximate surface area is 119 Å². The lowest BCUT2D eigenvalue weighted by molar-refractivity contribution is 0.408. The molecule has 0 spiro atoms. The molecule has 1 aromatic heterocycles. The summed E-state index contributed by atoms with van der Waals surface area (Å²) in [5.41, 5.74) is 1.47. The lowest BCUT2D eigenvalue weighted by Crippen LogP contribution is -2.28. The van der Waals surface area contributed by atoms with E-state index in [0.29, 0.717) is 0 Å². The Bertz CT molecular complexity index is 358. The van der Waals surface area contributed by atoms with Gasteiger partial charge in [-0.2, -0.15) is 5.10 Å². The number of halogens is 1. The smallest absolute Gasteiger partial charge is 0.0635 e. The summed E-state index contributed by atoms with van der Waals surface area (Å²) in [6, 6.07) is 0. The van der Waals surface area contributed by atoms with Crippen molar-refractivity contribution in [2.24, 2.45) is 0 Å². The maximum atomic E-state index is 4.47. The van der Waals surface area contributed by atoms with Gasteiger partial charge in [-0.15, -0.1) is 0 Å². The van der Waals surface area contributed by atoms with Gasteiger partial charge in [0.15, 0.2) is 0 Å². The Morgan fingerprint density at radius 1 is 1.28 bits per heavy atom. The van der Waals surface area contributed by atoms with E-state index in [1.54, 1.807) is 0 Å². The third-order valence-corrected chi connectivity index (χ3v) is 3.81. The first-order valence-electron chi connectivity index (χ1n) is 6.95. The Hall–Kier alpha value is -0.350. The Balaban J connectivity index is 2.73. The van der Waals surface area contributed by atoms with Crippen molar-refractivity contribution in [2.75, 3.05) is 13.1 Å². The molecule has 4 heteroatoms. The maximum absolute atomic E-state index is 4.47. The van der Waals surface area contributed by atoms with Gasteiger partial charge in [0, 0.05) is 12.0 Å². The average Bonchev–Trinajstić information content (AvgIpc) is 2.67. The number of hydrogen-bond donors (Lipinski definition) is 1. The summed E-state index contributed by atoms with van der Waals surface area (Å²) >= 11 is 3.64. The van der Waals surface area contributed by atoms with Gasteiger partial charge in [-0.05, 0) is 48.3 Å². The lowest BCUT2D eigenvalue weighted by Gasteiger charge is -2.26. The average molecular weight is 316 g/mol. The van der Waals surface area contributed by atoms with E-state index in [0.717, 1.165) is 36.9 Å². The van der Waals surface area contributed by atoms with Gasteiger partial charge in [0.1, 0.15) is 0 Å². The van der Waals surface area contributed by atoms with Crippen LogP contribution in [0, 0.1) is 0 Å². The van der Waals surface area contributed by atoms with E-state index in [2.05, 4.69) is 58.7 Å². The first-order chi connectivity index (χ1) is 8.53. The molecule has 1 rings (SSSR count). The van der Waals surface area contributed by atoms with E-state index in [4.69, 9.17) is 0 Å².